The summed E-state index contributed by atoms with van der Waals surface area (Å²) in [6, 6.07) is 14.1. The molecule has 2 aromatic rings. The van der Waals surface area contributed by atoms with Crippen molar-refractivity contribution in [2.75, 3.05) is 11.4 Å². The highest BCUT2D eigenvalue weighted by atomic mass is 16.3. The number of anilines is 2. The average Bonchev–Trinajstić information content (AvgIpc) is 2.41. The van der Waals surface area contributed by atoms with Gasteiger partial charge >= 0.3 is 0 Å². The lowest BCUT2D eigenvalue weighted by Crippen LogP contribution is -2.16. The number of hydrogen-bond donors (Lipinski definition) is 1. The van der Waals surface area contributed by atoms with Crippen LogP contribution in [0, 0.1) is 0 Å². The SMILES string of the molecule is CCN(c1ccccc1)c1ccnc(CO)c1. The fraction of sp³-hybridized carbons (Fsp3) is 0.214. The van der Waals surface area contributed by atoms with Gasteiger partial charge in [-0.2, -0.15) is 0 Å². The smallest absolute Gasteiger partial charge is 0.0853 e. The summed E-state index contributed by atoms with van der Waals surface area (Å²) in [4.78, 5) is 6.27. The van der Waals surface area contributed by atoms with Gasteiger partial charge in [-0.1, -0.05) is 18.2 Å². The average molecular weight is 228 g/mol. The van der Waals surface area contributed by atoms with Gasteiger partial charge in [0.15, 0.2) is 0 Å². The topological polar surface area (TPSA) is 36.4 Å². The first-order valence-corrected chi connectivity index (χ1v) is 5.73. The molecule has 0 saturated heterocycles. The maximum absolute atomic E-state index is 9.11. The number of aliphatic hydroxyl groups excluding tert-OH is 1. The van der Waals surface area contributed by atoms with Crippen molar-refractivity contribution in [3.8, 4) is 0 Å². The van der Waals surface area contributed by atoms with Crippen LogP contribution < -0.4 is 4.90 Å². The lowest BCUT2D eigenvalue weighted by Gasteiger charge is -2.23. The minimum atomic E-state index is -0.0276. The van der Waals surface area contributed by atoms with Gasteiger partial charge in [-0.25, -0.2) is 0 Å². The highest BCUT2D eigenvalue weighted by Crippen LogP contribution is 2.24. The van der Waals surface area contributed by atoms with Crippen LogP contribution in [0.15, 0.2) is 48.7 Å². The number of aromatic nitrogens is 1. The third kappa shape index (κ3) is 2.63. The van der Waals surface area contributed by atoms with Crippen LogP contribution in [0.3, 0.4) is 0 Å². The van der Waals surface area contributed by atoms with Gasteiger partial charge < -0.3 is 10.0 Å². The van der Waals surface area contributed by atoms with Crippen molar-refractivity contribution in [1.82, 2.24) is 4.98 Å². The maximum Gasteiger partial charge on any atom is 0.0853 e. The van der Waals surface area contributed by atoms with Gasteiger partial charge in [-0.15, -0.1) is 0 Å². The van der Waals surface area contributed by atoms with Crippen LogP contribution >= 0.6 is 0 Å². The number of hydrogen-bond acceptors (Lipinski definition) is 3. The summed E-state index contributed by atoms with van der Waals surface area (Å²) in [6.45, 7) is 2.95. The van der Waals surface area contributed by atoms with E-state index in [-0.39, 0.29) is 6.61 Å². The van der Waals surface area contributed by atoms with Gasteiger partial charge in [0.1, 0.15) is 0 Å². The molecule has 1 N–H and O–H groups in total. The molecule has 0 radical (unpaired) electrons. The van der Waals surface area contributed by atoms with E-state index in [1.165, 1.54) is 0 Å². The second-order valence-corrected chi connectivity index (χ2v) is 3.74. The molecule has 0 aliphatic heterocycles. The first-order valence-electron chi connectivity index (χ1n) is 5.73. The maximum atomic E-state index is 9.11. The fourth-order valence-corrected chi connectivity index (χ4v) is 1.84. The Morgan fingerprint density at radius 3 is 2.53 bits per heavy atom. The van der Waals surface area contributed by atoms with Crippen LogP contribution in [0.25, 0.3) is 0 Å². The van der Waals surface area contributed by atoms with E-state index in [4.69, 9.17) is 5.11 Å². The minimum Gasteiger partial charge on any atom is -0.390 e. The second kappa shape index (κ2) is 5.46. The van der Waals surface area contributed by atoms with Crippen molar-refractivity contribution >= 4 is 11.4 Å². The molecular formula is C14H16N2O. The van der Waals surface area contributed by atoms with E-state index < -0.39 is 0 Å². The summed E-state index contributed by atoms with van der Waals surface area (Å²) >= 11 is 0. The molecule has 1 aromatic carbocycles. The van der Waals surface area contributed by atoms with Crippen molar-refractivity contribution in [2.45, 2.75) is 13.5 Å². The Labute approximate surface area is 101 Å². The number of benzene rings is 1. The van der Waals surface area contributed by atoms with Crippen molar-refractivity contribution in [3.05, 3.63) is 54.4 Å². The van der Waals surface area contributed by atoms with Crippen LogP contribution in [0.1, 0.15) is 12.6 Å². The Morgan fingerprint density at radius 2 is 1.88 bits per heavy atom. The van der Waals surface area contributed by atoms with E-state index in [2.05, 4.69) is 28.9 Å². The largest absolute Gasteiger partial charge is 0.390 e. The number of nitrogens with zero attached hydrogens (tertiary/aromatic N) is 2. The van der Waals surface area contributed by atoms with E-state index in [0.717, 1.165) is 17.9 Å². The summed E-state index contributed by atoms with van der Waals surface area (Å²) in [5.41, 5.74) is 2.89. The van der Waals surface area contributed by atoms with Gasteiger partial charge in [0, 0.05) is 24.1 Å². The molecule has 1 aromatic heterocycles. The molecule has 0 unspecified atom stereocenters. The van der Waals surface area contributed by atoms with Crippen molar-refractivity contribution < 1.29 is 5.11 Å². The minimum absolute atomic E-state index is 0.0276. The lowest BCUT2D eigenvalue weighted by atomic mass is 10.2. The Balaban J connectivity index is 2.35. The highest BCUT2D eigenvalue weighted by molar-refractivity contribution is 5.62. The lowest BCUT2D eigenvalue weighted by molar-refractivity contribution is 0.277. The van der Waals surface area contributed by atoms with Gasteiger partial charge in [0.2, 0.25) is 0 Å². The van der Waals surface area contributed by atoms with Gasteiger partial charge in [0.05, 0.1) is 12.3 Å². The van der Waals surface area contributed by atoms with Crippen LogP contribution in [0.5, 0.6) is 0 Å². The third-order valence-electron chi connectivity index (χ3n) is 2.66. The highest BCUT2D eigenvalue weighted by Gasteiger charge is 2.07. The monoisotopic (exact) mass is 228 g/mol. The zero-order valence-electron chi connectivity index (χ0n) is 9.87. The van der Waals surface area contributed by atoms with Crippen LogP contribution in [-0.2, 0) is 6.61 Å². The van der Waals surface area contributed by atoms with Gasteiger partial charge in [-0.3, -0.25) is 4.98 Å². The molecule has 0 aliphatic carbocycles. The fourth-order valence-electron chi connectivity index (χ4n) is 1.84. The number of para-hydroxylation sites is 1. The predicted octanol–water partition coefficient (Wildman–Crippen LogP) is 2.73. The van der Waals surface area contributed by atoms with Crippen LogP contribution in [0.4, 0.5) is 11.4 Å². The Hall–Kier alpha value is -1.87. The van der Waals surface area contributed by atoms with E-state index in [1.54, 1.807) is 6.20 Å². The molecule has 0 spiro atoms. The zero-order chi connectivity index (χ0) is 12.1. The first kappa shape index (κ1) is 11.6. The Morgan fingerprint density at radius 1 is 1.12 bits per heavy atom. The molecule has 88 valence electrons. The summed E-state index contributed by atoms with van der Waals surface area (Å²) in [6.07, 6.45) is 1.73. The van der Waals surface area contributed by atoms with E-state index >= 15 is 0 Å². The third-order valence-corrected chi connectivity index (χ3v) is 2.66. The van der Waals surface area contributed by atoms with Crippen molar-refractivity contribution in [2.24, 2.45) is 0 Å². The molecule has 17 heavy (non-hydrogen) atoms. The van der Waals surface area contributed by atoms with Crippen LogP contribution in [0.2, 0.25) is 0 Å². The molecule has 0 saturated carbocycles. The van der Waals surface area contributed by atoms with Crippen molar-refractivity contribution in [1.29, 1.82) is 0 Å². The number of aliphatic hydroxyl groups is 1. The zero-order valence-corrected chi connectivity index (χ0v) is 9.87. The second-order valence-electron chi connectivity index (χ2n) is 3.74. The quantitative estimate of drug-likeness (QED) is 0.874. The molecule has 2 rings (SSSR count). The molecule has 1 heterocycles. The van der Waals surface area contributed by atoms with Crippen LogP contribution in [-0.4, -0.2) is 16.6 Å². The standard InChI is InChI=1S/C14H16N2O/c1-2-16(13-6-4-3-5-7-13)14-8-9-15-12(10-14)11-17/h3-10,17H,2,11H2,1H3. The molecule has 3 nitrogen and oxygen atoms in total. The Kier molecular flexibility index (Phi) is 3.73. The van der Waals surface area contributed by atoms with Crippen molar-refractivity contribution in [3.63, 3.8) is 0 Å². The van der Waals surface area contributed by atoms with Gasteiger partial charge in [0.25, 0.3) is 0 Å². The molecule has 0 atom stereocenters. The molecule has 3 heteroatoms. The predicted molar refractivity (Wildman–Crippen MR) is 69.3 cm³/mol. The summed E-state index contributed by atoms with van der Waals surface area (Å²) in [7, 11) is 0. The molecule has 0 fully saturated rings. The van der Waals surface area contributed by atoms with E-state index in [9.17, 15) is 0 Å². The normalized spacial score (nSPS) is 10.2. The molecular weight excluding hydrogens is 212 g/mol. The van der Waals surface area contributed by atoms with Gasteiger partial charge in [-0.05, 0) is 31.2 Å². The van der Waals surface area contributed by atoms with E-state index in [0.29, 0.717) is 5.69 Å². The summed E-state index contributed by atoms with van der Waals surface area (Å²) in [5, 5.41) is 9.11. The number of pyridine rings is 1. The number of rotatable bonds is 4. The first-order chi connectivity index (χ1) is 8.35. The molecule has 0 aliphatic rings. The van der Waals surface area contributed by atoms with E-state index in [1.807, 2.05) is 30.3 Å². The Bertz CT molecular complexity index is 471. The molecule has 0 amide bonds. The molecule has 0 bridgehead atoms. The summed E-state index contributed by atoms with van der Waals surface area (Å²) in [5.74, 6) is 0. The summed E-state index contributed by atoms with van der Waals surface area (Å²) < 4.78 is 0.